The van der Waals surface area contributed by atoms with Crippen LogP contribution >= 0.6 is 11.3 Å². The summed E-state index contributed by atoms with van der Waals surface area (Å²) in [4.78, 5) is 21.2. The Morgan fingerprint density at radius 2 is 2.29 bits per heavy atom. The molecule has 1 atom stereocenters. The zero-order chi connectivity index (χ0) is 15.6. The van der Waals surface area contributed by atoms with Crippen molar-refractivity contribution < 1.29 is 4.79 Å². The highest BCUT2D eigenvalue weighted by atomic mass is 32.1. The van der Waals surface area contributed by atoms with E-state index in [1.165, 1.54) is 11.3 Å². The second kappa shape index (κ2) is 6.62. The molecular weight excluding hydrogens is 286 g/mol. The molecule has 1 aliphatic rings. The third-order valence-corrected chi connectivity index (χ3v) is 4.84. The molecule has 7 heteroatoms. The number of hydrogen-bond donors (Lipinski definition) is 2. The monoisotopic (exact) mass is 311 g/mol. The van der Waals surface area contributed by atoms with Crippen LogP contribution in [0, 0.1) is 5.92 Å². The van der Waals surface area contributed by atoms with Crippen molar-refractivity contribution in [2.45, 2.75) is 32.7 Å². The van der Waals surface area contributed by atoms with Crippen molar-refractivity contribution in [1.29, 1.82) is 0 Å². The number of nitrogens with zero attached hydrogens (tertiary/aromatic N) is 3. The first kappa shape index (κ1) is 16.0. The van der Waals surface area contributed by atoms with Gasteiger partial charge in [0.1, 0.15) is 10.7 Å². The number of nitrogens with two attached hydrogens (primary N) is 2. The number of hydrogen-bond acceptors (Lipinski definition) is 6. The number of amides is 1. The molecule has 1 saturated heterocycles. The van der Waals surface area contributed by atoms with Crippen LogP contribution in [0.1, 0.15) is 36.4 Å². The summed E-state index contributed by atoms with van der Waals surface area (Å²) in [6.45, 7) is 6.69. The second-order valence-corrected chi connectivity index (χ2v) is 7.09. The Kier molecular flexibility index (Phi) is 5.05. The fourth-order valence-corrected chi connectivity index (χ4v) is 3.31. The molecule has 118 valence electrons. The molecule has 2 rings (SSSR count). The van der Waals surface area contributed by atoms with E-state index in [4.69, 9.17) is 11.5 Å². The van der Waals surface area contributed by atoms with Gasteiger partial charge in [0.25, 0.3) is 5.91 Å². The summed E-state index contributed by atoms with van der Waals surface area (Å²) in [6, 6.07) is 0.183. The molecule has 1 aliphatic heterocycles. The zero-order valence-electron chi connectivity index (χ0n) is 13.0. The lowest BCUT2D eigenvalue weighted by Crippen LogP contribution is -2.28. The summed E-state index contributed by atoms with van der Waals surface area (Å²) >= 11 is 1.37. The molecule has 21 heavy (non-hydrogen) atoms. The number of nitrogen functional groups attached to an aromatic ring is 1. The molecule has 0 radical (unpaired) electrons. The van der Waals surface area contributed by atoms with E-state index in [2.05, 4.69) is 23.7 Å². The highest BCUT2D eigenvalue weighted by molar-refractivity contribution is 7.18. The standard InChI is InChI=1S/C14H25N5OS/c1-9(2)4-6-18(3)13(20)11-12(16)17-14(21-11)19-7-5-10(15)8-19/h9-10H,4-8,15-16H2,1-3H3. The lowest BCUT2D eigenvalue weighted by molar-refractivity contribution is 0.0794. The Hall–Kier alpha value is -1.34. The van der Waals surface area contributed by atoms with Crippen molar-refractivity contribution in [2.24, 2.45) is 11.7 Å². The third kappa shape index (κ3) is 3.85. The molecule has 1 aromatic heterocycles. The quantitative estimate of drug-likeness (QED) is 0.857. The zero-order valence-corrected chi connectivity index (χ0v) is 13.8. The summed E-state index contributed by atoms with van der Waals surface area (Å²) in [6.07, 6.45) is 1.94. The number of rotatable bonds is 5. The van der Waals surface area contributed by atoms with Gasteiger partial charge in [-0.1, -0.05) is 25.2 Å². The molecule has 6 nitrogen and oxygen atoms in total. The van der Waals surface area contributed by atoms with Gasteiger partial charge in [-0.3, -0.25) is 4.79 Å². The maximum absolute atomic E-state index is 12.4. The van der Waals surface area contributed by atoms with Crippen LogP contribution in [0.25, 0.3) is 0 Å². The molecule has 2 heterocycles. The van der Waals surface area contributed by atoms with Gasteiger partial charge in [-0.15, -0.1) is 0 Å². The van der Waals surface area contributed by atoms with Crippen LogP contribution in [0.5, 0.6) is 0 Å². The lowest BCUT2D eigenvalue weighted by atomic mass is 10.1. The molecular formula is C14H25N5OS. The molecule has 1 unspecified atom stereocenters. The third-order valence-electron chi connectivity index (χ3n) is 3.72. The molecule has 1 aromatic rings. The maximum atomic E-state index is 12.4. The minimum absolute atomic E-state index is 0.0413. The van der Waals surface area contributed by atoms with Crippen molar-refractivity contribution >= 4 is 28.2 Å². The number of thiazole rings is 1. The largest absolute Gasteiger partial charge is 0.382 e. The van der Waals surface area contributed by atoms with Gasteiger partial charge in [-0.2, -0.15) is 0 Å². The summed E-state index contributed by atoms with van der Waals surface area (Å²) in [5.74, 6) is 0.859. The van der Waals surface area contributed by atoms with E-state index in [0.29, 0.717) is 16.6 Å². The molecule has 0 bridgehead atoms. The van der Waals surface area contributed by atoms with Crippen molar-refractivity contribution in [3.63, 3.8) is 0 Å². The smallest absolute Gasteiger partial charge is 0.267 e. The summed E-state index contributed by atoms with van der Waals surface area (Å²) < 4.78 is 0. The molecule has 1 amide bonds. The van der Waals surface area contributed by atoms with Crippen LogP contribution in [-0.4, -0.2) is 48.5 Å². The van der Waals surface area contributed by atoms with Crippen molar-refractivity contribution in [3.05, 3.63) is 4.88 Å². The molecule has 0 aromatic carbocycles. The lowest BCUT2D eigenvalue weighted by Gasteiger charge is -2.17. The van der Waals surface area contributed by atoms with Gasteiger partial charge >= 0.3 is 0 Å². The van der Waals surface area contributed by atoms with Gasteiger partial charge in [0, 0.05) is 32.7 Å². The Balaban J connectivity index is 2.06. The van der Waals surface area contributed by atoms with E-state index in [-0.39, 0.29) is 11.9 Å². The Labute approximate surface area is 130 Å². The first-order valence-electron chi connectivity index (χ1n) is 7.40. The highest BCUT2D eigenvalue weighted by Gasteiger charge is 2.26. The van der Waals surface area contributed by atoms with E-state index < -0.39 is 0 Å². The fraction of sp³-hybridized carbons (Fsp3) is 0.714. The van der Waals surface area contributed by atoms with E-state index in [0.717, 1.165) is 37.6 Å². The maximum Gasteiger partial charge on any atom is 0.267 e. The first-order valence-corrected chi connectivity index (χ1v) is 8.22. The van der Waals surface area contributed by atoms with Crippen molar-refractivity contribution in [3.8, 4) is 0 Å². The van der Waals surface area contributed by atoms with Gasteiger partial charge < -0.3 is 21.3 Å². The highest BCUT2D eigenvalue weighted by Crippen LogP contribution is 2.31. The molecule has 1 fully saturated rings. The van der Waals surface area contributed by atoms with Crippen LogP contribution in [0.3, 0.4) is 0 Å². The molecule has 4 N–H and O–H groups in total. The number of carbonyl (C=O) groups excluding carboxylic acids is 1. The average molecular weight is 311 g/mol. The average Bonchev–Trinajstić information content (AvgIpc) is 3.01. The number of carbonyl (C=O) groups is 1. The minimum atomic E-state index is -0.0413. The Morgan fingerprint density at radius 1 is 1.57 bits per heavy atom. The topological polar surface area (TPSA) is 88.5 Å². The summed E-state index contributed by atoms with van der Waals surface area (Å²) in [5, 5.41) is 0.807. The fourth-order valence-electron chi connectivity index (χ4n) is 2.30. The second-order valence-electron chi connectivity index (χ2n) is 6.11. The SMILES string of the molecule is CC(C)CCN(C)C(=O)c1sc(N2CCC(N)C2)nc1N. The number of anilines is 2. The van der Waals surface area contributed by atoms with E-state index in [1.54, 1.807) is 4.90 Å². The van der Waals surface area contributed by atoms with Crippen LogP contribution < -0.4 is 16.4 Å². The van der Waals surface area contributed by atoms with Crippen LogP contribution in [0.2, 0.25) is 0 Å². The molecule has 0 aliphatic carbocycles. The summed E-state index contributed by atoms with van der Waals surface area (Å²) in [7, 11) is 1.81. The van der Waals surface area contributed by atoms with Crippen LogP contribution in [0.15, 0.2) is 0 Å². The van der Waals surface area contributed by atoms with Gasteiger partial charge in [0.15, 0.2) is 5.13 Å². The molecule has 0 saturated carbocycles. The summed E-state index contributed by atoms with van der Waals surface area (Å²) in [5.41, 5.74) is 11.8. The Morgan fingerprint density at radius 3 is 2.86 bits per heavy atom. The van der Waals surface area contributed by atoms with Gasteiger partial charge in [0.2, 0.25) is 0 Å². The Bertz CT molecular complexity index is 502. The molecule has 0 spiro atoms. The van der Waals surface area contributed by atoms with E-state index in [1.807, 2.05) is 7.05 Å². The van der Waals surface area contributed by atoms with Crippen molar-refractivity contribution in [2.75, 3.05) is 37.3 Å². The predicted octanol–water partition coefficient (Wildman–Crippen LogP) is 1.38. The van der Waals surface area contributed by atoms with Crippen LogP contribution in [-0.2, 0) is 0 Å². The van der Waals surface area contributed by atoms with Gasteiger partial charge in [0.05, 0.1) is 0 Å². The van der Waals surface area contributed by atoms with Gasteiger partial charge in [-0.25, -0.2) is 4.98 Å². The van der Waals surface area contributed by atoms with Crippen LogP contribution in [0.4, 0.5) is 10.9 Å². The minimum Gasteiger partial charge on any atom is -0.382 e. The van der Waals surface area contributed by atoms with E-state index >= 15 is 0 Å². The first-order chi connectivity index (χ1) is 9.88. The number of aromatic nitrogens is 1. The van der Waals surface area contributed by atoms with Crippen molar-refractivity contribution in [1.82, 2.24) is 9.88 Å². The normalized spacial score (nSPS) is 18.5. The van der Waals surface area contributed by atoms with Gasteiger partial charge in [-0.05, 0) is 18.8 Å². The van der Waals surface area contributed by atoms with E-state index in [9.17, 15) is 4.79 Å². The predicted molar refractivity (Wildman–Crippen MR) is 87.7 cm³/mol.